The number of rotatable bonds is 6. The lowest BCUT2D eigenvalue weighted by Gasteiger charge is -2.33. The number of H-pyrrole nitrogens is 1. The Labute approximate surface area is 243 Å². The maximum Gasteiger partial charge on any atom is 0.261 e. The van der Waals surface area contributed by atoms with Gasteiger partial charge in [-0.3, -0.25) is 14.4 Å². The van der Waals surface area contributed by atoms with Crippen LogP contribution in [-0.4, -0.2) is 61.7 Å². The summed E-state index contributed by atoms with van der Waals surface area (Å²) in [7, 11) is 0. The topological polar surface area (TPSA) is 168 Å². The Hall–Kier alpha value is -4.13. The van der Waals surface area contributed by atoms with Crippen molar-refractivity contribution < 1.29 is 19.4 Å². The minimum Gasteiger partial charge on any atom is -0.506 e. The summed E-state index contributed by atoms with van der Waals surface area (Å²) >= 11 is 12.5. The second-order valence-corrected chi connectivity index (χ2v) is 11.0. The molecule has 4 aromatic rings. The number of aryl methyl sites for hydroxylation is 1. The van der Waals surface area contributed by atoms with Crippen LogP contribution >= 0.6 is 23.2 Å². The fourth-order valence-corrected chi connectivity index (χ4v) is 5.80. The highest BCUT2D eigenvalue weighted by Crippen LogP contribution is 2.36. The maximum atomic E-state index is 13.3. The van der Waals surface area contributed by atoms with Crippen molar-refractivity contribution in [2.75, 3.05) is 23.3 Å². The smallest absolute Gasteiger partial charge is 0.261 e. The highest BCUT2D eigenvalue weighted by molar-refractivity contribution is 6.34. The number of morpholine rings is 1. The average Bonchev–Trinajstić information content (AvgIpc) is 3.45. The third-order valence-electron chi connectivity index (χ3n) is 7.28. The highest BCUT2D eigenvalue weighted by Gasteiger charge is 2.34. The van der Waals surface area contributed by atoms with E-state index < -0.39 is 23.1 Å². The van der Waals surface area contributed by atoms with Gasteiger partial charge in [-0.25, -0.2) is 9.97 Å². The van der Waals surface area contributed by atoms with Crippen molar-refractivity contribution in [3.8, 4) is 16.9 Å². The lowest BCUT2D eigenvalue weighted by Crippen LogP contribution is -2.43. The van der Waals surface area contributed by atoms with Crippen molar-refractivity contribution in [3.63, 3.8) is 0 Å². The molecule has 2 unspecified atom stereocenters. The molecule has 1 aromatic carbocycles. The minimum atomic E-state index is -0.893. The number of phenols is 1. The first kappa shape index (κ1) is 27.1. The van der Waals surface area contributed by atoms with Gasteiger partial charge < -0.3 is 35.3 Å². The summed E-state index contributed by atoms with van der Waals surface area (Å²) in [6.45, 7) is 2.84. The van der Waals surface area contributed by atoms with E-state index in [-0.39, 0.29) is 45.4 Å². The van der Waals surface area contributed by atoms with Gasteiger partial charge in [0.05, 0.1) is 45.1 Å². The van der Waals surface area contributed by atoms with Gasteiger partial charge in [-0.15, -0.1) is 0 Å². The lowest BCUT2D eigenvalue weighted by molar-refractivity contribution is -0.116. The molecule has 0 saturated carbocycles. The van der Waals surface area contributed by atoms with Gasteiger partial charge in [0.15, 0.2) is 0 Å². The molecule has 0 radical (unpaired) electrons. The number of fused-ring (bicyclic) bond motifs is 3. The fourth-order valence-electron chi connectivity index (χ4n) is 5.43. The molecular formula is C27H25Cl2N7O5. The molecule has 5 heterocycles. The highest BCUT2D eigenvalue weighted by atomic mass is 35.5. The standard InChI is InChI=1S/C27H25Cl2N7O5/c1-12-32-26-23(27(40)33-12)17(13-4-16(25(30)39)24(38)18(28)5-13)10-36(26)11-22(37)34-20-6-21(31-7-19(20)29)35-8-14-2-3-15(9-35)41-14/h4-7,10,14-15,38H,2-3,8-9,11H2,1H3,(H2,30,39)(H,31,34,37)(H,32,33,40). The summed E-state index contributed by atoms with van der Waals surface area (Å²) in [4.78, 5) is 51.9. The van der Waals surface area contributed by atoms with Crippen LogP contribution in [-0.2, 0) is 16.1 Å². The summed E-state index contributed by atoms with van der Waals surface area (Å²) in [5.41, 5.74) is 6.07. The van der Waals surface area contributed by atoms with Crippen molar-refractivity contribution in [2.24, 2.45) is 5.73 Å². The molecule has 41 heavy (non-hydrogen) atoms. The number of halogens is 2. The third kappa shape index (κ3) is 5.09. The number of ether oxygens (including phenoxy) is 1. The van der Waals surface area contributed by atoms with Crippen LogP contribution < -0.4 is 21.5 Å². The second-order valence-electron chi connectivity index (χ2n) is 10.2. The van der Waals surface area contributed by atoms with Crippen LogP contribution in [0.4, 0.5) is 11.5 Å². The molecule has 6 rings (SSSR count). The molecule has 212 valence electrons. The molecule has 0 spiro atoms. The van der Waals surface area contributed by atoms with E-state index in [1.165, 1.54) is 22.9 Å². The number of primary amides is 1. The summed E-state index contributed by atoms with van der Waals surface area (Å²) in [6, 6.07) is 4.47. The van der Waals surface area contributed by atoms with E-state index in [1.807, 2.05) is 0 Å². The Balaban J connectivity index is 1.32. The Kier molecular flexibility index (Phi) is 6.84. The first-order valence-corrected chi connectivity index (χ1v) is 13.6. The summed E-state index contributed by atoms with van der Waals surface area (Å²) in [5, 5.41) is 13.3. The Morgan fingerprint density at radius 2 is 1.93 bits per heavy atom. The number of pyridine rings is 1. The van der Waals surface area contributed by atoms with E-state index in [1.54, 1.807) is 19.2 Å². The van der Waals surface area contributed by atoms with E-state index in [4.69, 9.17) is 33.7 Å². The number of benzene rings is 1. The number of hydrogen-bond donors (Lipinski definition) is 4. The summed E-state index contributed by atoms with van der Waals surface area (Å²) in [6.07, 6.45) is 5.43. The predicted octanol–water partition coefficient (Wildman–Crippen LogP) is 3.21. The van der Waals surface area contributed by atoms with Gasteiger partial charge >= 0.3 is 0 Å². The van der Waals surface area contributed by atoms with E-state index >= 15 is 0 Å². The van der Waals surface area contributed by atoms with Crippen molar-refractivity contribution >= 4 is 57.6 Å². The molecule has 2 amide bonds. The molecule has 14 heteroatoms. The minimum absolute atomic E-state index is 0.122. The summed E-state index contributed by atoms with van der Waals surface area (Å²) in [5.74, 6) is -0.743. The first-order chi connectivity index (χ1) is 19.6. The number of anilines is 2. The van der Waals surface area contributed by atoms with Crippen molar-refractivity contribution in [1.29, 1.82) is 0 Å². The molecular weight excluding hydrogens is 573 g/mol. The second kappa shape index (κ2) is 10.4. The molecule has 2 saturated heterocycles. The van der Waals surface area contributed by atoms with Crippen LogP contribution in [0.5, 0.6) is 5.75 Å². The van der Waals surface area contributed by atoms with Crippen molar-refractivity contribution in [3.05, 3.63) is 62.4 Å². The summed E-state index contributed by atoms with van der Waals surface area (Å²) < 4.78 is 7.43. The molecule has 2 aliphatic heterocycles. The molecule has 2 aliphatic rings. The van der Waals surface area contributed by atoms with Crippen molar-refractivity contribution in [2.45, 2.75) is 38.5 Å². The largest absolute Gasteiger partial charge is 0.506 e. The van der Waals surface area contributed by atoms with Gasteiger partial charge in [0.25, 0.3) is 11.5 Å². The van der Waals surface area contributed by atoms with Crippen LogP contribution in [0.3, 0.4) is 0 Å². The Morgan fingerprint density at radius 3 is 2.63 bits per heavy atom. The van der Waals surface area contributed by atoms with Crippen LogP contribution in [0.25, 0.3) is 22.2 Å². The van der Waals surface area contributed by atoms with Gasteiger partial charge in [-0.1, -0.05) is 23.2 Å². The van der Waals surface area contributed by atoms with Gasteiger partial charge in [0, 0.05) is 30.9 Å². The van der Waals surface area contributed by atoms with Crippen LogP contribution in [0.15, 0.2) is 35.4 Å². The Bertz CT molecular complexity index is 1770. The van der Waals surface area contributed by atoms with Crippen LogP contribution in [0, 0.1) is 6.92 Å². The number of nitrogens with one attached hydrogen (secondary N) is 2. The van der Waals surface area contributed by atoms with Gasteiger partial charge in [-0.05, 0) is 37.5 Å². The SMILES string of the molecule is Cc1nc2c(c(-c3cc(Cl)c(O)c(C(N)=O)c3)cn2CC(=O)Nc2cc(N3CC4CCC(C3)O4)ncc2Cl)c(=O)[nH]1. The Morgan fingerprint density at radius 1 is 1.20 bits per heavy atom. The lowest BCUT2D eigenvalue weighted by atomic mass is 10.0. The fraction of sp³-hybridized carbons (Fsp3) is 0.296. The van der Waals surface area contributed by atoms with Gasteiger partial charge in [0.2, 0.25) is 5.91 Å². The quantitative estimate of drug-likeness (QED) is 0.262. The zero-order chi connectivity index (χ0) is 29.0. The van der Waals surface area contributed by atoms with Crippen LogP contribution in [0.2, 0.25) is 10.0 Å². The number of amides is 2. The normalized spacial score (nSPS) is 18.2. The number of carbonyl (C=O) groups excluding carboxylic acids is 2. The average molecular weight is 598 g/mol. The van der Waals surface area contributed by atoms with E-state index in [0.29, 0.717) is 28.5 Å². The number of aromatic nitrogens is 4. The molecule has 0 aliphatic carbocycles. The molecule has 2 bridgehead atoms. The first-order valence-electron chi connectivity index (χ1n) is 12.9. The number of aromatic amines is 1. The van der Waals surface area contributed by atoms with Gasteiger partial charge in [-0.2, -0.15) is 0 Å². The molecule has 3 aromatic heterocycles. The van der Waals surface area contributed by atoms with E-state index in [0.717, 1.165) is 25.9 Å². The molecule has 5 N–H and O–H groups in total. The predicted molar refractivity (Wildman–Crippen MR) is 154 cm³/mol. The molecule has 12 nitrogen and oxygen atoms in total. The number of hydrogen-bond acceptors (Lipinski definition) is 8. The number of nitrogens with two attached hydrogens (primary N) is 1. The van der Waals surface area contributed by atoms with E-state index in [2.05, 4.69) is 25.2 Å². The third-order valence-corrected chi connectivity index (χ3v) is 7.87. The number of carbonyl (C=O) groups is 2. The monoisotopic (exact) mass is 597 g/mol. The molecule has 2 atom stereocenters. The van der Waals surface area contributed by atoms with Gasteiger partial charge in [0.1, 0.15) is 29.6 Å². The molecule has 2 fully saturated rings. The number of nitrogens with zero attached hydrogens (tertiary/aromatic N) is 4. The van der Waals surface area contributed by atoms with Crippen molar-refractivity contribution in [1.82, 2.24) is 19.5 Å². The zero-order valence-electron chi connectivity index (χ0n) is 21.8. The zero-order valence-corrected chi connectivity index (χ0v) is 23.3. The van der Waals surface area contributed by atoms with E-state index in [9.17, 15) is 19.5 Å². The maximum absolute atomic E-state index is 13.3. The van der Waals surface area contributed by atoms with Crippen LogP contribution in [0.1, 0.15) is 29.0 Å². The number of aromatic hydroxyl groups is 1.